The van der Waals surface area contributed by atoms with Gasteiger partial charge in [0, 0.05) is 38.9 Å². The smallest absolute Gasteiger partial charge is 0.299 e. The number of urea groups is 1. The molecule has 0 bridgehead atoms. The Bertz CT molecular complexity index is 1420. The van der Waals surface area contributed by atoms with Crippen molar-refractivity contribution in [3.63, 3.8) is 0 Å². The maximum Gasteiger partial charge on any atom is 0.330 e. The Hall–Kier alpha value is -3.10. The molecule has 4 amide bonds. The molecular weight excluding hydrogens is 418 g/mol. The Balaban J connectivity index is 1.47. The highest BCUT2D eigenvalue weighted by molar-refractivity contribution is 8.00. The van der Waals surface area contributed by atoms with Gasteiger partial charge in [0.2, 0.25) is 11.8 Å². The molecule has 4 aromatic rings. The fraction of sp³-hybridized carbons (Fsp3) is 0.136. The molecule has 148 valence electrons. The van der Waals surface area contributed by atoms with Gasteiger partial charge in [0.15, 0.2) is 0 Å². The third-order valence-electron chi connectivity index (χ3n) is 5.70. The third kappa shape index (κ3) is 2.34. The predicted octanol–water partition coefficient (Wildman–Crippen LogP) is 4.18. The summed E-state index contributed by atoms with van der Waals surface area (Å²) in [5.74, 6) is -1.87. The Labute approximate surface area is 179 Å². The molecule has 8 heteroatoms. The van der Waals surface area contributed by atoms with Gasteiger partial charge in [-0.05, 0) is 18.2 Å². The van der Waals surface area contributed by atoms with Crippen molar-refractivity contribution in [2.24, 2.45) is 5.92 Å². The summed E-state index contributed by atoms with van der Waals surface area (Å²) in [4.78, 5) is 40.7. The van der Waals surface area contributed by atoms with E-state index in [1.165, 1.54) is 28.2 Å². The number of nitrogens with one attached hydrogen (secondary N) is 1. The van der Waals surface area contributed by atoms with Crippen LogP contribution in [0.4, 0.5) is 4.79 Å². The fourth-order valence-electron chi connectivity index (χ4n) is 4.24. The Kier molecular flexibility index (Phi) is 3.66. The number of aromatic nitrogens is 1. The Morgan fingerprint density at radius 2 is 1.80 bits per heavy atom. The number of para-hydroxylation sites is 2. The summed E-state index contributed by atoms with van der Waals surface area (Å²) >= 11 is 3.31. The molecule has 4 heterocycles. The molecule has 1 saturated heterocycles. The van der Waals surface area contributed by atoms with E-state index in [4.69, 9.17) is 0 Å². The van der Waals surface area contributed by atoms with E-state index >= 15 is 0 Å². The first-order valence-electron chi connectivity index (χ1n) is 9.48. The molecule has 2 aromatic heterocycles. The number of nitrogens with zero attached hydrogens (tertiary/aromatic N) is 2. The van der Waals surface area contributed by atoms with Crippen LogP contribution in [0.1, 0.15) is 4.88 Å². The van der Waals surface area contributed by atoms with Crippen LogP contribution >= 0.6 is 23.1 Å². The fourth-order valence-corrected chi connectivity index (χ4v) is 6.75. The van der Waals surface area contributed by atoms with E-state index in [9.17, 15) is 14.4 Å². The minimum atomic E-state index is -0.887. The number of carbonyl (C=O) groups excluding carboxylic acids is 3. The van der Waals surface area contributed by atoms with Crippen LogP contribution < -0.4 is 5.32 Å². The van der Waals surface area contributed by atoms with Crippen LogP contribution in [0.25, 0.3) is 26.8 Å². The Morgan fingerprint density at radius 1 is 1.00 bits per heavy atom. The zero-order chi connectivity index (χ0) is 20.6. The van der Waals surface area contributed by atoms with Crippen molar-refractivity contribution < 1.29 is 14.4 Å². The molecule has 6 rings (SSSR count). The van der Waals surface area contributed by atoms with Gasteiger partial charge >= 0.3 is 6.03 Å². The van der Waals surface area contributed by atoms with E-state index in [1.54, 1.807) is 23.1 Å². The zero-order valence-corrected chi connectivity index (χ0v) is 17.5. The summed E-state index contributed by atoms with van der Waals surface area (Å²) in [6.45, 7) is 0. The molecule has 1 fully saturated rings. The molecule has 6 nitrogen and oxygen atoms in total. The van der Waals surface area contributed by atoms with E-state index in [2.05, 4.69) is 52.3 Å². The first kappa shape index (κ1) is 17.7. The van der Waals surface area contributed by atoms with Gasteiger partial charge in [-0.25, -0.2) is 4.79 Å². The van der Waals surface area contributed by atoms with Gasteiger partial charge in [-0.1, -0.05) is 42.1 Å². The minimum Gasteiger partial charge on any atom is -0.299 e. The maximum atomic E-state index is 12.5. The second kappa shape index (κ2) is 6.20. The average Bonchev–Trinajstić information content (AvgIpc) is 3.30. The number of carbonyl (C=O) groups is 3. The second-order valence-electron chi connectivity index (χ2n) is 7.44. The van der Waals surface area contributed by atoms with E-state index in [0.717, 1.165) is 25.2 Å². The largest absolute Gasteiger partial charge is 0.330 e. The van der Waals surface area contributed by atoms with Crippen molar-refractivity contribution >= 4 is 62.7 Å². The molecule has 0 spiro atoms. The number of fused-ring (bicyclic) bond motifs is 5. The highest BCUT2D eigenvalue weighted by atomic mass is 32.2. The van der Waals surface area contributed by atoms with Crippen LogP contribution in [-0.2, 0) is 16.0 Å². The van der Waals surface area contributed by atoms with Crippen LogP contribution in [0.2, 0.25) is 0 Å². The molecule has 2 aliphatic rings. The molecule has 0 saturated carbocycles. The first-order valence-corrected chi connectivity index (χ1v) is 11.1. The average molecular weight is 434 g/mol. The van der Waals surface area contributed by atoms with Gasteiger partial charge in [0.25, 0.3) is 0 Å². The highest BCUT2D eigenvalue weighted by Gasteiger charge is 2.39. The minimum absolute atomic E-state index is 0.277. The molecule has 2 aromatic carbocycles. The topological polar surface area (TPSA) is 71.4 Å². The molecule has 2 aliphatic heterocycles. The second-order valence-corrected chi connectivity index (χ2v) is 9.64. The highest BCUT2D eigenvalue weighted by Crippen LogP contribution is 2.49. The molecular formula is C22H15N3O3S2. The van der Waals surface area contributed by atoms with Gasteiger partial charge in [-0.2, -0.15) is 0 Å². The van der Waals surface area contributed by atoms with E-state index in [-0.39, 0.29) is 6.42 Å². The predicted molar refractivity (Wildman–Crippen MR) is 116 cm³/mol. The number of hydrogen-bond donors (Lipinski definition) is 1. The zero-order valence-electron chi connectivity index (χ0n) is 15.8. The quantitative estimate of drug-likeness (QED) is 0.424. The lowest BCUT2D eigenvalue weighted by Crippen LogP contribution is -2.56. The number of rotatable bonds is 2. The number of amides is 4. The molecule has 0 aliphatic carbocycles. The summed E-state index contributed by atoms with van der Waals surface area (Å²) in [6.07, 6.45) is 0.277. The molecule has 1 atom stereocenters. The standard InChI is InChI=1S/C22H15N3O3S2/c1-24-20(27)14(19(26)23-22(24)28)9-11-10-17-21(29-11)25-15-7-3-2-5-12(15)13-6-4-8-16(30-17)18(13)25/h2-8,10,14H,9H2,1H3,(H,23,26,28). The van der Waals surface area contributed by atoms with Crippen molar-refractivity contribution in [2.45, 2.75) is 16.2 Å². The van der Waals surface area contributed by atoms with Crippen molar-refractivity contribution in [1.29, 1.82) is 0 Å². The number of hydrogen-bond acceptors (Lipinski definition) is 5. The lowest BCUT2D eigenvalue weighted by molar-refractivity contribution is -0.141. The van der Waals surface area contributed by atoms with Gasteiger partial charge in [0.05, 0.1) is 11.0 Å². The molecule has 1 unspecified atom stereocenters. The lowest BCUT2D eigenvalue weighted by Gasteiger charge is -2.26. The van der Waals surface area contributed by atoms with Crippen molar-refractivity contribution in [3.05, 3.63) is 53.4 Å². The van der Waals surface area contributed by atoms with Gasteiger partial charge in [-0.3, -0.25) is 24.4 Å². The summed E-state index contributed by atoms with van der Waals surface area (Å²) < 4.78 is 2.29. The third-order valence-corrected chi connectivity index (χ3v) is 8.05. The summed E-state index contributed by atoms with van der Waals surface area (Å²) in [7, 11) is 1.39. The van der Waals surface area contributed by atoms with Crippen LogP contribution in [0.3, 0.4) is 0 Å². The van der Waals surface area contributed by atoms with Gasteiger partial charge < -0.3 is 0 Å². The van der Waals surface area contributed by atoms with Crippen molar-refractivity contribution in [1.82, 2.24) is 14.8 Å². The maximum absolute atomic E-state index is 12.5. The van der Waals surface area contributed by atoms with Crippen LogP contribution in [0.15, 0.2) is 58.3 Å². The Morgan fingerprint density at radius 3 is 2.67 bits per heavy atom. The summed E-state index contributed by atoms with van der Waals surface area (Å²) in [6, 6.07) is 16.1. The first-order chi connectivity index (χ1) is 14.5. The van der Waals surface area contributed by atoms with E-state index in [1.807, 2.05) is 6.07 Å². The van der Waals surface area contributed by atoms with E-state index in [0.29, 0.717) is 0 Å². The summed E-state index contributed by atoms with van der Waals surface area (Å²) in [5.41, 5.74) is 2.34. The van der Waals surface area contributed by atoms with Crippen molar-refractivity contribution in [2.75, 3.05) is 7.05 Å². The van der Waals surface area contributed by atoms with Crippen LogP contribution in [-0.4, -0.2) is 34.4 Å². The molecule has 30 heavy (non-hydrogen) atoms. The van der Waals surface area contributed by atoms with E-state index < -0.39 is 23.8 Å². The van der Waals surface area contributed by atoms with Gasteiger partial charge in [0.1, 0.15) is 10.9 Å². The number of imide groups is 2. The van der Waals surface area contributed by atoms with Crippen LogP contribution in [0, 0.1) is 5.92 Å². The summed E-state index contributed by atoms with van der Waals surface area (Å²) in [5, 5.41) is 5.80. The van der Waals surface area contributed by atoms with Crippen molar-refractivity contribution in [3.8, 4) is 5.00 Å². The monoisotopic (exact) mass is 433 g/mol. The number of thiophene rings is 1. The SMILES string of the molecule is CN1C(=O)NC(=O)C(Cc2cc3c(s2)-n2c4ccccc4c4cccc(c42)S3)C1=O. The number of barbiturate groups is 1. The van der Waals surface area contributed by atoms with Gasteiger partial charge in [-0.15, -0.1) is 11.3 Å². The molecule has 1 N–H and O–H groups in total. The normalized spacial score (nSPS) is 18.2. The lowest BCUT2D eigenvalue weighted by atomic mass is 10.0. The molecule has 0 radical (unpaired) electrons. The number of benzene rings is 2. The van der Waals surface area contributed by atoms with Crippen LogP contribution in [0.5, 0.6) is 0 Å².